The zero-order chi connectivity index (χ0) is 4.83. The Hall–Kier alpha value is 2.30. The molecule has 0 spiro atoms. The first-order valence-electron chi connectivity index (χ1n) is 1.57. The van der Waals surface area contributed by atoms with Crippen molar-refractivity contribution in [2.24, 2.45) is 0 Å². The molecule has 0 unspecified atom stereocenters. The predicted molar refractivity (Wildman–Crippen MR) is 38.4 cm³/mol. The maximum absolute atomic E-state index is 2.37. The van der Waals surface area contributed by atoms with Gasteiger partial charge in [-0.3, -0.25) is 0 Å². The average molecular weight is 332 g/mol. The van der Waals surface area contributed by atoms with Crippen LogP contribution >= 0.6 is 16.0 Å². The Morgan fingerprint density at radius 2 is 1.33 bits per heavy atom. The quantitative estimate of drug-likeness (QED) is 0.439. The molecule has 0 bridgehead atoms. The Morgan fingerprint density at radius 1 is 1.00 bits per heavy atom. The summed E-state index contributed by atoms with van der Waals surface area (Å²) < 4.78 is 0. The van der Waals surface area contributed by atoms with Crippen molar-refractivity contribution in [1.82, 2.24) is 0 Å². The monoisotopic (exact) mass is 334 g/mol. The molecule has 0 saturated heterocycles. The van der Waals surface area contributed by atoms with Crippen LogP contribution in [0.15, 0.2) is 0 Å². The Bertz CT molecular complexity index is 21.5. The number of hydrogen-bond donors (Lipinski definition) is 0. The second kappa shape index (κ2) is 7.30. The van der Waals surface area contributed by atoms with E-state index in [0.29, 0.717) is 0 Å². The van der Waals surface area contributed by atoms with Gasteiger partial charge in [0.2, 0.25) is 0 Å². The molecule has 0 nitrogen and oxygen atoms in total. The van der Waals surface area contributed by atoms with Crippen LogP contribution in [0, 0.1) is 0 Å². The minimum atomic E-state index is 0.112. The van der Waals surface area contributed by atoms with Gasteiger partial charge in [-0.05, 0) is 0 Å². The summed E-state index contributed by atoms with van der Waals surface area (Å²) in [4.78, 5) is 4.74. The van der Waals surface area contributed by atoms with E-state index in [1.54, 1.807) is 0 Å². The molecule has 6 heavy (non-hydrogen) atoms. The van der Waals surface area contributed by atoms with Crippen molar-refractivity contribution in [1.29, 1.82) is 0 Å². The summed E-state index contributed by atoms with van der Waals surface area (Å²) in [6.07, 6.45) is 0. The van der Waals surface area contributed by atoms with Gasteiger partial charge in [-0.1, -0.05) is 0 Å². The average Bonchev–Trinajstić information content (AvgIpc) is 1.61. The maximum atomic E-state index is 2.37. The fraction of sp³-hybridized carbons (Fsp3) is 1.00. The first kappa shape index (κ1) is 8.30. The Morgan fingerprint density at radius 3 is 1.50 bits per heavy atom. The summed E-state index contributed by atoms with van der Waals surface area (Å²) in [5.74, 6) is 0. The van der Waals surface area contributed by atoms with E-state index >= 15 is 0 Å². The van der Waals surface area contributed by atoms with E-state index in [9.17, 15) is 0 Å². The van der Waals surface area contributed by atoms with E-state index in [0.717, 1.165) is 0 Å². The third-order valence-corrected chi connectivity index (χ3v) is 26.9. The molecule has 4 radical (unpaired) electrons. The standard InChI is InChI=1S/2CH3.S2.2Sn/c;;1-2;;/h2*1H3;;;/q;;-2;2*+1. The topological polar surface area (TPSA) is 0 Å². The van der Waals surface area contributed by atoms with Crippen LogP contribution in [-0.4, -0.2) is 39.5 Å². The predicted octanol–water partition coefficient (Wildman–Crippen LogP) is 1.70. The van der Waals surface area contributed by atoms with Crippen LogP contribution in [0.1, 0.15) is 0 Å². The van der Waals surface area contributed by atoms with Gasteiger partial charge in [0, 0.05) is 0 Å². The third-order valence-electron chi connectivity index (χ3n) is 0.208. The first-order chi connectivity index (χ1) is 2.91. The summed E-state index contributed by atoms with van der Waals surface area (Å²) in [5.41, 5.74) is 0. The molecule has 0 aliphatic heterocycles. The SMILES string of the molecule is [CH3][Sn][S][S][Sn][CH3]. The van der Waals surface area contributed by atoms with Gasteiger partial charge in [0.25, 0.3) is 0 Å². The molecular formula is C2H6S2Sn2. The number of rotatable bonds is 3. The molecule has 0 atom stereocenters. The van der Waals surface area contributed by atoms with E-state index in [2.05, 4.69) is 25.8 Å². The van der Waals surface area contributed by atoms with Crippen LogP contribution in [0.4, 0.5) is 0 Å². The van der Waals surface area contributed by atoms with Crippen molar-refractivity contribution in [3.8, 4) is 0 Å². The normalized spacial score (nSPS) is 9.00. The second-order valence-electron chi connectivity index (χ2n) is 0.575. The molecule has 0 heterocycles. The Balaban J connectivity index is 2.34. The van der Waals surface area contributed by atoms with Crippen LogP contribution < -0.4 is 0 Å². The summed E-state index contributed by atoms with van der Waals surface area (Å²) >= 11 is 0.224. The van der Waals surface area contributed by atoms with E-state index in [1.165, 1.54) is 0 Å². The van der Waals surface area contributed by atoms with Crippen molar-refractivity contribution in [2.75, 3.05) is 0 Å². The van der Waals surface area contributed by atoms with Gasteiger partial charge in [0.05, 0.1) is 0 Å². The van der Waals surface area contributed by atoms with E-state index in [4.69, 9.17) is 0 Å². The molecular weight excluding hydrogens is 326 g/mol. The minimum absolute atomic E-state index is 0.112. The molecule has 0 aromatic carbocycles. The van der Waals surface area contributed by atoms with Crippen molar-refractivity contribution in [3.05, 3.63) is 0 Å². The Kier molecular flexibility index (Phi) is 10.1. The van der Waals surface area contributed by atoms with Crippen molar-refractivity contribution in [3.63, 3.8) is 0 Å². The van der Waals surface area contributed by atoms with Gasteiger partial charge in [-0.25, -0.2) is 0 Å². The molecule has 0 saturated carbocycles. The van der Waals surface area contributed by atoms with E-state index < -0.39 is 0 Å². The summed E-state index contributed by atoms with van der Waals surface area (Å²) in [6, 6.07) is 0. The van der Waals surface area contributed by atoms with E-state index in [1.807, 2.05) is 0 Å². The molecule has 0 aliphatic carbocycles. The molecule has 4 heteroatoms. The van der Waals surface area contributed by atoms with Crippen molar-refractivity contribution in [2.45, 2.75) is 9.88 Å². The van der Waals surface area contributed by atoms with Crippen molar-refractivity contribution >= 4 is 55.5 Å². The van der Waals surface area contributed by atoms with Gasteiger partial charge in [0.1, 0.15) is 0 Å². The van der Waals surface area contributed by atoms with Crippen LogP contribution in [0.5, 0.6) is 0 Å². The van der Waals surface area contributed by atoms with Gasteiger partial charge in [0.15, 0.2) is 0 Å². The fourth-order valence-electron chi connectivity index (χ4n) is 0.0833. The third kappa shape index (κ3) is 6.30. The van der Waals surface area contributed by atoms with Crippen LogP contribution in [-0.2, 0) is 0 Å². The summed E-state index contributed by atoms with van der Waals surface area (Å²) in [5, 5.41) is 0. The van der Waals surface area contributed by atoms with Gasteiger partial charge in [-0.2, -0.15) is 0 Å². The van der Waals surface area contributed by atoms with E-state index in [-0.39, 0.29) is 39.5 Å². The van der Waals surface area contributed by atoms with Crippen LogP contribution in [0.25, 0.3) is 0 Å². The molecule has 0 amide bonds. The fourth-order valence-corrected chi connectivity index (χ4v) is 33.7. The molecule has 0 aromatic heterocycles. The zero-order valence-corrected chi connectivity index (χ0v) is 11.2. The zero-order valence-electron chi connectivity index (χ0n) is 3.82. The second-order valence-corrected chi connectivity index (χ2v) is 18.3. The van der Waals surface area contributed by atoms with Gasteiger partial charge >= 0.3 is 65.4 Å². The molecule has 0 N–H and O–H groups in total. The Labute approximate surface area is 64.3 Å². The first-order valence-corrected chi connectivity index (χ1v) is 16.4. The molecule has 0 aliphatic rings. The van der Waals surface area contributed by atoms with Crippen LogP contribution in [0.3, 0.4) is 0 Å². The van der Waals surface area contributed by atoms with Crippen molar-refractivity contribution < 1.29 is 0 Å². The molecule has 34 valence electrons. The number of hydrogen-bond acceptors (Lipinski definition) is 2. The van der Waals surface area contributed by atoms with Gasteiger partial charge in [-0.15, -0.1) is 0 Å². The molecule has 0 aromatic rings. The molecule has 0 rings (SSSR count). The summed E-state index contributed by atoms with van der Waals surface area (Å²) in [7, 11) is 4.34. The van der Waals surface area contributed by atoms with Crippen LogP contribution in [0.2, 0.25) is 9.88 Å². The van der Waals surface area contributed by atoms with Gasteiger partial charge < -0.3 is 0 Å². The summed E-state index contributed by atoms with van der Waals surface area (Å²) in [6.45, 7) is 0. The molecule has 0 fully saturated rings.